The van der Waals surface area contributed by atoms with Gasteiger partial charge in [-0.2, -0.15) is 5.26 Å². The first kappa shape index (κ1) is 23.0. The monoisotopic (exact) mass is 449 g/mol. The summed E-state index contributed by atoms with van der Waals surface area (Å²) in [5, 5.41) is 12.5. The van der Waals surface area contributed by atoms with Crippen molar-refractivity contribution in [2.45, 2.75) is 6.92 Å². The molecule has 2 aromatic carbocycles. The number of methoxy groups -OCH3 is 2. The second kappa shape index (κ2) is 10.6. The van der Waals surface area contributed by atoms with Gasteiger partial charge in [-0.15, -0.1) is 11.3 Å². The van der Waals surface area contributed by atoms with Gasteiger partial charge in [-0.25, -0.2) is 0 Å². The molecule has 3 aromatic rings. The van der Waals surface area contributed by atoms with Crippen molar-refractivity contribution in [3.63, 3.8) is 0 Å². The van der Waals surface area contributed by atoms with Crippen LogP contribution in [0.2, 0.25) is 0 Å². The molecule has 0 atom stereocenters. The third kappa shape index (κ3) is 4.97. The maximum Gasteiger partial charge on any atom is 0.273 e. The van der Waals surface area contributed by atoms with Gasteiger partial charge < -0.3 is 14.8 Å². The number of hydrogen-bond donors (Lipinski definition) is 1. The van der Waals surface area contributed by atoms with Crippen LogP contribution < -0.4 is 24.8 Å². The van der Waals surface area contributed by atoms with Crippen LogP contribution >= 0.6 is 11.3 Å². The fraction of sp³-hybridized carbons (Fsp3) is 0.208. The van der Waals surface area contributed by atoms with Crippen molar-refractivity contribution in [1.82, 2.24) is 9.88 Å². The Bertz CT molecular complexity index is 1350. The number of para-hydroxylation sites is 2. The summed E-state index contributed by atoms with van der Waals surface area (Å²) in [5.74, 6) is -0.121. The number of benzene rings is 2. The summed E-state index contributed by atoms with van der Waals surface area (Å²) >= 11 is 1.09. The van der Waals surface area contributed by atoms with Gasteiger partial charge in [0.05, 0.1) is 23.9 Å². The summed E-state index contributed by atoms with van der Waals surface area (Å²) in [5.41, 5.74) is 1.87. The lowest BCUT2D eigenvalue weighted by molar-refractivity contribution is -0.115. The molecular formula is C24H23N3O4S. The van der Waals surface area contributed by atoms with Gasteiger partial charge in [-0.1, -0.05) is 42.0 Å². The highest BCUT2D eigenvalue weighted by atomic mass is 32.1. The molecule has 1 aromatic heterocycles. The van der Waals surface area contributed by atoms with Crippen LogP contribution in [0.4, 0.5) is 0 Å². The second-order valence-electron chi connectivity index (χ2n) is 6.88. The van der Waals surface area contributed by atoms with E-state index in [0.29, 0.717) is 22.6 Å². The molecule has 1 heterocycles. The predicted octanol–water partition coefficient (Wildman–Crippen LogP) is 1.48. The standard InChI is InChI=1S/C24H23N3O4S/c1-16-7-6-8-17(13-16)14-21-23(29)27(19-9-4-5-10-20(19)31-3)24(32-21)18(15-25)22(28)26-11-12-30-2/h4-10,13-14H,11-12H2,1-3H3,(H,26,28)/b21-14-,24-18-. The maximum absolute atomic E-state index is 13.5. The van der Waals surface area contributed by atoms with Gasteiger partial charge in [0.1, 0.15) is 16.5 Å². The lowest BCUT2D eigenvalue weighted by atomic mass is 10.1. The third-order valence-corrected chi connectivity index (χ3v) is 5.73. The van der Waals surface area contributed by atoms with Crippen LogP contribution in [0.1, 0.15) is 11.1 Å². The van der Waals surface area contributed by atoms with E-state index in [0.717, 1.165) is 22.5 Å². The molecule has 8 heteroatoms. The molecule has 1 N–H and O–H groups in total. The van der Waals surface area contributed by atoms with Crippen molar-refractivity contribution in [3.05, 3.63) is 79.2 Å². The van der Waals surface area contributed by atoms with Crippen LogP contribution in [-0.2, 0) is 9.53 Å². The van der Waals surface area contributed by atoms with Crippen molar-refractivity contribution >= 4 is 28.9 Å². The Labute approximate surface area is 189 Å². The van der Waals surface area contributed by atoms with Gasteiger partial charge in [0.25, 0.3) is 11.5 Å². The number of nitriles is 1. The lowest BCUT2D eigenvalue weighted by Gasteiger charge is -2.09. The molecule has 0 aliphatic heterocycles. The van der Waals surface area contributed by atoms with E-state index >= 15 is 0 Å². The fourth-order valence-corrected chi connectivity index (χ4v) is 4.24. The van der Waals surface area contributed by atoms with Gasteiger partial charge >= 0.3 is 0 Å². The SMILES string of the molecule is COCCNC(=O)/C(C#N)=c1\s/c(=C\c2cccc(C)c2)c(=O)n1-c1ccccc1OC. The second-order valence-corrected chi connectivity index (χ2v) is 7.91. The first-order valence-corrected chi connectivity index (χ1v) is 10.7. The molecule has 0 bridgehead atoms. The molecular weight excluding hydrogens is 426 g/mol. The molecule has 0 aliphatic rings. The van der Waals surface area contributed by atoms with Crippen molar-refractivity contribution < 1.29 is 14.3 Å². The number of nitrogens with one attached hydrogen (secondary N) is 1. The number of carbonyl (C=O) groups excluding carboxylic acids is 1. The summed E-state index contributed by atoms with van der Waals surface area (Å²) in [6.07, 6.45) is 1.76. The summed E-state index contributed by atoms with van der Waals surface area (Å²) in [6, 6.07) is 16.7. The average molecular weight is 450 g/mol. The summed E-state index contributed by atoms with van der Waals surface area (Å²) < 4.78 is 12.4. The minimum atomic E-state index is -0.573. The van der Waals surface area contributed by atoms with Crippen LogP contribution in [0.25, 0.3) is 17.3 Å². The largest absolute Gasteiger partial charge is 0.495 e. The van der Waals surface area contributed by atoms with Crippen LogP contribution in [0.15, 0.2) is 53.3 Å². The zero-order chi connectivity index (χ0) is 23.1. The zero-order valence-electron chi connectivity index (χ0n) is 18.0. The fourth-order valence-electron chi connectivity index (χ4n) is 3.15. The number of thiazole rings is 1. The van der Waals surface area contributed by atoms with E-state index in [2.05, 4.69) is 5.32 Å². The number of nitrogens with zero attached hydrogens (tertiary/aromatic N) is 2. The maximum atomic E-state index is 13.5. The lowest BCUT2D eigenvalue weighted by Crippen LogP contribution is -2.35. The quantitative estimate of drug-likeness (QED) is 0.552. The molecule has 7 nitrogen and oxygen atoms in total. The number of hydrogen-bond acceptors (Lipinski definition) is 6. The number of rotatable bonds is 7. The molecule has 1 amide bonds. The molecule has 0 unspecified atom stereocenters. The number of aryl methyl sites for hydroxylation is 1. The Hall–Kier alpha value is -3.67. The molecule has 0 saturated carbocycles. The highest BCUT2D eigenvalue weighted by Crippen LogP contribution is 2.19. The number of ether oxygens (including phenoxy) is 2. The molecule has 0 radical (unpaired) electrons. The Morgan fingerprint density at radius 2 is 2.00 bits per heavy atom. The topological polar surface area (TPSA) is 93.4 Å². The molecule has 3 rings (SSSR count). The average Bonchev–Trinajstić information content (AvgIpc) is 3.09. The third-order valence-electron chi connectivity index (χ3n) is 4.63. The molecule has 0 fully saturated rings. The van der Waals surface area contributed by atoms with Crippen molar-refractivity contribution in [1.29, 1.82) is 5.26 Å². The predicted molar refractivity (Wildman–Crippen MR) is 124 cm³/mol. The van der Waals surface area contributed by atoms with Crippen molar-refractivity contribution in [2.75, 3.05) is 27.4 Å². The van der Waals surface area contributed by atoms with Gasteiger partial charge in [-0.05, 0) is 30.7 Å². The van der Waals surface area contributed by atoms with Crippen molar-refractivity contribution in [2.24, 2.45) is 0 Å². The summed E-state index contributed by atoms with van der Waals surface area (Å²) in [4.78, 5) is 26.2. The number of aromatic nitrogens is 1. The van der Waals surface area contributed by atoms with E-state index in [1.165, 1.54) is 18.8 Å². The number of amides is 1. The zero-order valence-corrected chi connectivity index (χ0v) is 18.9. The molecule has 0 saturated heterocycles. The molecule has 0 aliphatic carbocycles. The normalized spacial score (nSPS) is 12.2. The van der Waals surface area contributed by atoms with Gasteiger partial charge in [0.2, 0.25) is 0 Å². The summed E-state index contributed by atoms with van der Waals surface area (Å²) in [6.45, 7) is 2.52. The molecule has 32 heavy (non-hydrogen) atoms. The van der Waals surface area contributed by atoms with Crippen LogP contribution in [0.5, 0.6) is 5.75 Å². The first-order chi connectivity index (χ1) is 15.5. The van der Waals surface area contributed by atoms with E-state index in [-0.39, 0.29) is 22.3 Å². The minimum absolute atomic E-state index is 0.155. The van der Waals surface area contributed by atoms with Gasteiger partial charge in [-0.3, -0.25) is 14.2 Å². The Kier molecular flexibility index (Phi) is 7.60. The van der Waals surface area contributed by atoms with E-state index < -0.39 is 5.91 Å². The summed E-state index contributed by atoms with van der Waals surface area (Å²) in [7, 11) is 3.02. The molecule has 164 valence electrons. The smallest absolute Gasteiger partial charge is 0.273 e. The van der Waals surface area contributed by atoms with E-state index in [4.69, 9.17) is 9.47 Å². The Morgan fingerprint density at radius 3 is 2.69 bits per heavy atom. The highest BCUT2D eigenvalue weighted by molar-refractivity contribution is 7.07. The first-order valence-electron chi connectivity index (χ1n) is 9.85. The van der Waals surface area contributed by atoms with Crippen molar-refractivity contribution in [3.8, 4) is 17.5 Å². The van der Waals surface area contributed by atoms with Crippen LogP contribution in [0.3, 0.4) is 0 Å². The van der Waals surface area contributed by atoms with E-state index in [1.54, 1.807) is 30.3 Å². The van der Waals surface area contributed by atoms with Crippen LogP contribution in [0, 0.1) is 18.3 Å². The Balaban J connectivity index is 2.34. The van der Waals surface area contributed by atoms with E-state index in [1.807, 2.05) is 37.3 Å². The highest BCUT2D eigenvalue weighted by Gasteiger charge is 2.18. The van der Waals surface area contributed by atoms with Gasteiger partial charge in [0, 0.05) is 13.7 Å². The Morgan fingerprint density at radius 1 is 1.22 bits per heavy atom. The van der Waals surface area contributed by atoms with E-state index in [9.17, 15) is 14.9 Å². The molecule has 0 spiro atoms. The van der Waals surface area contributed by atoms with Crippen LogP contribution in [-0.4, -0.2) is 37.8 Å². The number of carbonyl (C=O) groups is 1. The minimum Gasteiger partial charge on any atom is -0.495 e. The van der Waals surface area contributed by atoms with Gasteiger partial charge in [0.15, 0.2) is 5.57 Å².